The van der Waals surface area contributed by atoms with Crippen molar-refractivity contribution in [3.05, 3.63) is 29.8 Å². The van der Waals surface area contributed by atoms with Crippen molar-refractivity contribution in [3.63, 3.8) is 0 Å². The zero-order valence-corrected chi connectivity index (χ0v) is 14.4. The predicted octanol–water partition coefficient (Wildman–Crippen LogP) is 1.86. The van der Waals surface area contributed by atoms with Crippen molar-refractivity contribution in [2.45, 2.75) is 39.1 Å². The van der Waals surface area contributed by atoms with Crippen LogP contribution >= 0.6 is 0 Å². The number of ether oxygens (including phenoxy) is 3. The van der Waals surface area contributed by atoms with Crippen molar-refractivity contribution in [2.24, 2.45) is 0 Å². The number of hydrogen-bond donors (Lipinski definition) is 1. The van der Waals surface area contributed by atoms with Gasteiger partial charge in [0.2, 0.25) is 0 Å². The smallest absolute Gasteiger partial charge is 0.119 e. The molecule has 1 aliphatic heterocycles. The van der Waals surface area contributed by atoms with Crippen molar-refractivity contribution in [2.75, 3.05) is 39.5 Å². The van der Waals surface area contributed by atoms with Crippen LogP contribution in [0.1, 0.15) is 19.4 Å². The van der Waals surface area contributed by atoms with Crippen molar-refractivity contribution in [3.8, 4) is 5.75 Å². The molecular formula is C18H29NO4. The van der Waals surface area contributed by atoms with Gasteiger partial charge < -0.3 is 19.3 Å². The van der Waals surface area contributed by atoms with Crippen molar-refractivity contribution in [1.29, 1.82) is 0 Å². The van der Waals surface area contributed by atoms with E-state index in [1.165, 1.54) is 5.56 Å². The SMILES string of the molecule is Cc1ccc(OCC2CN(CC(O)COC(C)C)CCO2)cc1. The largest absolute Gasteiger partial charge is 0.491 e. The highest BCUT2D eigenvalue weighted by Crippen LogP contribution is 2.13. The topological polar surface area (TPSA) is 51.2 Å². The van der Waals surface area contributed by atoms with Crippen molar-refractivity contribution in [1.82, 2.24) is 4.90 Å². The van der Waals surface area contributed by atoms with Crippen LogP contribution in [0.3, 0.4) is 0 Å². The maximum Gasteiger partial charge on any atom is 0.119 e. The van der Waals surface area contributed by atoms with Crippen molar-refractivity contribution < 1.29 is 19.3 Å². The van der Waals surface area contributed by atoms with Gasteiger partial charge in [0.05, 0.1) is 25.4 Å². The van der Waals surface area contributed by atoms with E-state index in [1.807, 2.05) is 38.1 Å². The van der Waals surface area contributed by atoms with Gasteiger partial charge in [0, 0.05) is 19.6 Å². The summed E-state index contributed by atoms with van der Waals surface area (Å²) in [5, 5.41) is 10.0. The molecule has 1 aromatic rings. The van der Waals surface area contributed by atoms with E-state index in [4.69, 9.17) is 14.2 Å². The van der Waals surface area contributed by atoms with Crippen molar-refractivity contribution >= 4 is 0 Å². The lowest BCUT2D eigenvalue weighted by Crippen LogP contribution is -2.48. The van der Waals surface area contributed by atoms with Gasteiger partial charge in [0.1, 0.15) is 18.5 Å². The summed E-state index contributed by atoms with van der Waals surface area (Å²) in [4.78, 5) is 2.21. The van der Waals surface area contributed by atoms with E-state index in [0.29, 0.717) is 26.4 Å². The average molecular weight is 323 g/mol. The van der Waals surface area contributed by atoms with Gasteiger partial charge in [-0.2, -0.15) is 0 Å². The number of aliphatic hydroxyl groups is 1. The van der Waals surface area contributed by atoms with Gasteiger partial charge in [-0.3, -0.25) is 4.90 Å². The first-order valence-electron chi connectivity index (χ1n) is 8.36. The molecule has 23 heavy (non-hydrogen) atoms. The summed E-state index contributed by atoms with van der Waals surface area (Å²) in [6.45, 7) is 9.78. The van der Waals surface area contributed by atoms with E-state index in [9.17, 15) is 5.11 Å². The quantitative estimate of drug-likeness (QED) is 0.791. The lowest BCUT2D eigenvalue weighted by molar-refractivity contribution is -0.0679. The number of aliphatic hydroxyl groups excluding tert-OH is 1. The highest BCUT2D eigenvalue weighted by Gasteiger charge is 2.23. The second-order valence-corrected chi connectivity index (χ2v) is 6.41. The highest BCUT2D eigenvalue weighted by atomic mass is 16.5. The van der Waals surface area contributed by atoms with Crippen LogP contribution in [0.15, 0.2) is 24.3 Å². The first-order chi connectivity index (χ1) is 11.0. The number of β-amino-alcohol motifs (C(OH)–C–C–N with tert-alkyl or cyclic N) is 1. The zero-order chi connectivity index (χ0) is 16.7. The molecule has 1 saturated heterocycles. The molecule has 5 nitrogen and oxygen atoms in total. The maximum absolute atomic E-state index is 10.0. The Morgan fingerprint density at radius 2 is 2.04 bits per heavy atom. The molecule has 1 N–H and O–H groups in total. The second kappa shape index (κ2) is 9.23. The summed E-state index contributed by atoms with van der Waals surface area (Å²) in [6, 6.07) is 8.02. The van der Waals surface area contributed by atoms with E-state index < -0.39 is 6.10 Å². The molecule has 2 atom stereocenters. The minimum absolute atomic E-state index is 0.0308. The summed E-state index contributed by atoms with van der Waals surface area (Å²) in [7, 11) is 0. The molecule has 5 heteroatoms. The van der Waals surface area contributed by atoms with Crippen LogP contribution in [0.5, 0.6) is 5.75 Å². The fourth-order valence-electron chi connectivity index (χ4n) is 2.53. The first-order valence-corrected chi connectivity index (χ1v) is 8.36. The monoisotopic (exact) mass is 323 g/mol. The number of hydrogen-bond acceptors (Lipinski definition) is 5. The van der Waals surface area contributed by atoms with Crippen LogP contribution in [0, 0.1) is 6.92 Å². The second-order valence-electron chi connectivity index (χ2n) is 6.41. The molecule has 0 aromatic heterocycles. The normalized spacial score (nSPS) is 20.7. The molecule has 1 aromatic carbocycles. The van der Waals surface area contributed by atoms with E-state index in [1.54, 1.807) is 0 Å². The van der Waals surface area contributed by atoms with E-state index in [-0.39, 0.29) is 12.2 Å². The summed E-state index contributed by atoms with van der Waals surface area (Å²) in [5.74, 6) is 0.863. The highest BCUT2D eigenvalue weighted by molar-refractivity contribution is 5.26. The molecule has 0 spiro atoms. The van der Waals surface area contributed by atoms with Gasteiger partial charge in [-0.15, -0.1) is 0 Å². The Labute approximate surface area is 139 Å². The third kappa shape index (κ3) is 6.87. The lowest BCUT2D eigenvalue weighted by atomic mass is 10.2. The first kappa shape index (κ1) is 18.2. The lowest BCUT2D eigenvalue weighted by Gasteiger charge is -2.34. The third-order valence-corrected chi connectivity index (χ3v) is 3.77. The minimum Gasteiger partial charge on any atom is -0.491 e. The minimum atomic E-state index is -0.464. The molecule has 2 rings (SSSR count). The Morgan fingerprint density at radius 1 is 1.30 bits per heavy atom. The maximum atomic E-state index is 10.0. The molecule has 1 aliphatic rings. The van der Waals surface area contributed by atoms with Gasteiger partial charge in [-0.05, 0) is 32.9 Å². The summed E-state index contributed by atoms with van der Waals surface area (Å²) < 4.78 is 17.0. The number of benzene rings is 1. The average Bonchev–Trinajstić information content (AvgIpc) is 2.53. The van der Waals surface area contributed by atoms with E-state index >= 15 is 0 Å². The van der Waals surface area contributed by atoms with E-state index in [2.05, 4.69) is 11.8 Å². The molecule has 1 heterocycles. The molecule has 0 bridgehead atoms. The number of nitrogens with zero attached hydrogens (tertiary/aromatic N) is 1. The molecular weight excluding hydrogens is 294 g/mol. The Hall–Kier alpha value is -1.14. The molecule has 0 radical (unpaired) electrons. The number of aryl methyl sites for hydroxylation is 1. The Balaban J connectivity index is 1.71. The van der Waals surface area contributed by atoms with Gasteiger partial charge in [-0.1, -0.05) is 17.7 Å². The molecule has 1 fully saturated rings. The van der Waals surface area contributed by atoms with Crippen LogP contribution in [0.2, 0.25) is 0 Å². The van der Waals surface area contributed by atoms with Crippen LogP contribution in [0.4, 0.5) is 0 Å². The molecule has 130 valence electrons. The summed E-state index contributed by atoms with van der Waals surface area (Å²) >= 11 is 0. The Kier molecular flexibility index (Phi) is 7.30. The molecule has 0 aliphatic carbocycles. The van der Waals surface area contributed by atoms with Crippen LogP contribution in [-0.2, 0) is 9.47 Å². The van der Waals surface area contributed by atoms with Crippen LogP contribution < -0.4 is 4.74 Å². The number of rotatable bonds is 8. The van der Waals surface area contributed by atoms with Gasteiger partial charge in [0.25, 0.3) is 0 Å². The van der Waals surface area contributed by atoms with Crippen LogP contribution in [0.25, 0.3) is 0 Å². The molecule has 2 unspecified atom stereocenters. The Bertz CT molecular complexity index is 449. The number of morpholine rings is 1. The summed E-state index contributed by atoms with van der Waals surface area (Å²) in [5.41, 5.74) is 1.22. The van der Waals surface area contributed by atoms with Gasteiger partial charge in [0.15, 0.2) is 0 Å². The van der Waals surface area contributed by atoms with Crippen LogP contribution in [-0.4, -0.2) is 67.8 Å². The fourth-order valence-corrected chi connectivity index (χ4v) is 2.53. The standard InChI is InChI=1S/C18H29NO4/c1-14(2)22-12-16(20)10-19-8-9-21-18(11-19)13-23-17-6-4-15(3)5-7-17/h4-7,14,16,18,20H,8-13H2,1-3H3. The summed E-state index contributed by atoms with van der Waals surface area (Å²) in [6.07, 6.45) is -0.289. The predicted molar refractivity (Wildman–Crippen MR) is 89.9 cm³/mol. The Morgan fingerprint density at radius 3 is 2.74 bits per heavy atom. The van der Waals surface area contributed by atoms with Gasteiger partial charge in [-0.25, -0.2) is 0 Å². The molecule has 0 amide bonds. The third-order valence-electron chi connectivity index (χ3n) is 3.77. The molecule has 0 saturated carbocycles. The fraction of sp³-hybridized carbons (Fsp3) is 0.667. The van der Waals surface area contributed by atoms with E-state index in [0.717, 1.165) is 18.8 Å². The van der Waals surface area contributed by atoms with Gasteiger partial charge >= 0.3 is 0 Å². The zero-order valence-electron chi connectivity index (χ0n) is 14.4.